The van der Waals surface area contributed by atoms with Crippen molar-refractivity contribution in [1.82, 2.24) is 10.6 Å². The van der Waals surface area contributed by atoms with Gasteiger partial charge in [-0.15, -0.1) is 0 Å². The molecule has 39 heavy (non-hydrogen) atoms. The molecular weight excluding hydrogens is 509 g/mol. The molecule has 0 fully saturated rings. The number of carbonyl (C=O) groups excluding carboxylic acids is 2. The van der Waals surface area contributed by atoms with Crippen LogP contribution >= 0.6 is 0 Å². The van der Waals surface area contributed by atoms with Gasteiger partial charge in [-0.2, -0.15) is 13.2 Å². The Kier molecular flexibility index (Phi) is 8.10. The van der Waals surface area contributed by atoms with Crippen molar-refractivity contribution in [2.75, 3.05) is 6.54 Å². The second-order valence-electron chi connectivity index (χ2n) is 8.67. The molecule has 0 aliphatic rings. The highest BCUT2D eigenvalue weighted by atomic mass is 19.4. The van der Waals surface area contributed by atoms with E-state index in [1.165, 1.54) is 24.3 Å². The first kappa shape index (κ1) is 27.1. The van der Waals surface area contributed by atoms with Crippen molar-refractivity contribution in [2.24, 2.45) is 0 Å². The summed E-state index contributed by atoms with van der Waals surface area (Å²) in [7, 11) is 0. The van der Waals surface area contributed by atoms with Gasteiger partial charge in [0.05, 0.1) is 5.56 Å². The van der Waals surface area contributed by atoms with Crippen molar-refractivity contribution >= 4 is 17.8 Å². The lowest BCUT2D eigenvalue weighted by molar-refractivity contribution is -0.139. The molecule has 0 saturated carbocycles. The molecule has 4 rings (SSSR count). The third-order valence-electron chi connectivity index (χ3n) is 6.02. The minimum Gasteiger partial charge on any atom is -0.480 e. The van der Waals surface area contributed by atoms with Gasteiger partial charge in [0, 0.05) is 17.7 Å². The van der Waals surface area contributed by atoms with Crippen molar-refractivity contribution in [3.8, 4) is 22.3 Å². The Morgan fingerprint density at radius 2 is 1.08 bits per heavy atom. The average Bonchev–Trinajstić information content (AvgIpc) is 2.95. The lowest BCUT2D eigenvalue weighted by Gasteiger charge is -2.16. The minimum absolute atomic E-state index is 0.153. The van der Waals surface area contributed by atoms with Gasteiger partial charge in [-0.3, -0.25) is 9.59 Å². The van der Waals surface area contributed by atoms with Crippen LogP contribution in [0.3, 0.4) is 0 Å². The number of rotatable bonds is 8. The zero-order chi connectivity index (χ0) is 28.0. The Morgan fingerprint density at radius 1 is 0.641 bits per heavy atom. The smallest absolute Gasteiger partial charge is 0.416 e. The highest BCUT2D eigenvalue weighted by molar-refractivity contribution is 5.98. The van der Waals surface area contributed by atoms with Crippen molar-refractivity contribution in [1.29, 1.82) is 0 Å². The lowest BCUT2D eigenvalue weighted by Crippen LogP contribution is -2.48. The summed E-state index contributed by atoms with van der Waals surface area (Å²) in [5.74, 6) is -2.50. The first-order chi connectivity index (χ1) is 18.6. The molecule has 0 spiro atoms. The van der Waals surface area contributed by atoms with Crippen LogP contribution in [-0.2, 0) is 11.0 Å². The summed E-state index contributed by atoms with van der Waals surface area (Å²) in [6.07, 6.45) is -4.44. The number of nitrogens with one attached hydrogen (secondary N) is 2. The third kappa shape index (κ3) is 6.89. The van der Waals surface area contributed by atoms with Gasteiger partial charge < -0.3 is 15.7 Å². The molecule has 9 heteroatoms. The predicted octanol–water partition coefficient (Wildman–Crippen LogP) is 5.65. The van der Waals surface area contributed by atoms with Gasteiger partial charge in [0.2, 0.25) is 0 Å². The molecule has 4 aromatic carbocycles. The molecule has 0 aliphatic carbocycles. The highest BCUT2D eigenvalue weighted by Crippen LogP contribution is 2.31. The molecule has 6 nitrogen and oxygen atoms in total. The van der Waals surface area contributed by atoms with Crippen LogP contribution in [0.15, 0.2) is 103 Å². The number of alkyl halides is 3. The highest BCUT2D eigenvalue weighted by Gasteiger charge is 2.30. The maximum atomic E-state index is 12.8. The van der Waals surface area contributed by atoms with Gasteiger partial charge in [0.15, 0.2) is 0 Å². The molecule has 1 atom stereocenters. The van der Waals surface area contributed by atoms with Gasteiger partial charge in [0.25, 0.3) is 11.8 Å². The number of carboxylic acids is 1. The van der Waals surface area contributed by atoms with E-state index in [4.69, 9.17) is 0 Å². The molecular formula is C30H23F3N2O4. The quantitative estimate of drug-likeness (QED) is 0.273. The Hall–Kier alpha value is -4.92. The number of halogens is 3. The Balaban J connectivity index is 1.35. The SMILES string of the molecule is O=C(NC[C@H](NC(=O)c1ccc(-c2ccc(C(F)(F)F)cc2)cc1)C(=O)O)c1ccc(-c2ccccc2)cc1. The van der Waals surface area contributed by atoms with E-state index in [2.05, 4.69) is 10.6 Å². The molecule has 0 heterocycles. The van der Waals surface area contributed by atoms with Crippen LogP contribution in [0.2, 0.25) is 0 Å². The van der Waals surface area contributed by atoms with Gasteiger partial charge >= 0.3 is 12.1 Å². The number of aliphatic carboxylic acids is 1. The topological polar surface area (TPSA) is 95.5 Å². The van der Waals surface area contributed by atoms with Crippen molar-refractivity contribution < 1.29 is 32.7 Å². The first-order valence-electron chi connectivity index (χ1n) is 11.9. The van der Waals surface area contributed by atoms with Gasteiger partial charge in [-0.25, -0.2) is 4.79 Å². The fourth-order valence-electron chi connectivity index (χ4n) is 3.85. The van der Waals surface area contributed by atoms with Crippen LogP contribution in [0.25, 0.3) is 22.3 Å². The summed E-state index contributed by atoms with van der Waals surface area (Å²) >= 11 is 0. The van der Waals surface area contributed by atoms with E-state index in [9.17, 15) is 32.7 Å². The summed E-state index contributed by atoms with van der Waals surface area (Å²) in [5.41, 5.74) is 2.75. The number of carbonyl (C=O) groups is 3. The Morgan fingerprint density at radius 3 is 1.54 bits per heavy atom. The van der Waals surface area contributed by atoms with E-state index in [0.29, 0.717) is 16.7 Å². The van der Waals surface area contributed by atoms with E-state index in [0.717, 1.165) is 23.3 Å². The number of hydrogen-bond donors (Lipinski definition) is 3. The molecule has 3 N–H and O–H groups in total. The number of hydrogen-bond acceptors (Lipinski definition) is 3. The van der Waals surface area contributed by atoms with Crippen LogP contribution in [0, 0.1) is 0 Å². The first-order valence-corrected chi connectivity index (χ1v) is 11.9. The summed E-state index contributed by atoms with van der Waals surface area (Å²) in [5, 5.41) is 14.4. The fraction of sp³-hybridized carbons (Fsp3) is 0.100. The zero-order valence-corrected chi connectivity index (χ0v) is 20.4. The normalized spacial score (nSPS) is 11.9. The van der Waals surface area contributed by atoms with Gasteiger partial charge in [-0.1, -0.05) is 66.7 Å². The van der Waals surface area contributed by atoms with E-state index < -0.39 is 35.6 Å². The summed E-state index contributed by atoms with van der Waals surface area (Å²) < 4.78 is 38.3. The molecule has 198 valence electrons. The van der Waals surface area contributed by atoms with Crippen LogP contribution in [-0.4, -0.2) is 35.5 Å². The van der Waals surface area contributed by atoms with Crippen molar-refractivity contribution in [3.05, 3.63) is 120 Å². The lowest BCUT2D eigenvalue weighted by atomic mass is 10.0. The predicted molar refractivity (Wildman–Crippen MR) is 140 cm³/mol. The Labute approximate surface area is 222 Å². The van der Waals surface area contributed by atoms with E-state index in [-0.39, 0.29) is 12.1 Å². The average molecular weight is 533 g/mol. The largest absolute Gasteiger partial charge is 0.480 e. The second-order valence-corrected chi connectivity index (χ2v) is 8.67. The maximum absolute atomic E-state index is 12.8. The summed E-state index contributed by atoms with van der Waals surface area (Å²) in [4.78, 5) is 36.9. The van der Waals surface area contributed by atoms with E-state index >= 15 is 0 Å². The van der Waals surface area contributed by atoms with Crippen LogP contribution < -0.4 is 10.6 Å². The van der Waals surface area contributed by atoms with Crippen LogP contribution in [0.4, 0.5) is 13.2 Å². The molecule has 2 amide bonds. The maximum Gasteiger partial charge on any atom is 0.416 e. The molecule has 4 aromatic rings. The van der Waals surface area contributed by atoms with Crippen LogP contribution in [0.5, 0.6) is 0 Å². The van der Waals surface area contributed by atoms with E-state index in [1.54, 1.807) is 36.4 Å². The van der Waals surface area contributed by atoms with Gasteiger partial charge in [0.1, 0.15) is 6.04 Å². The van der Waals surface area contributed by atoms with Gasteiger partial charge in [-0.05, 0) is 58.7 Å². The molecule has 0 saturated heterocycles. The number of carboxylic acid groups (broad SMARTS) is 1. The van der Waals surface area contributed by atoms with E-state index in [1.807, 2.05) is 30.3 Å². The molecule has 0 radical (unpaired) electrons. The fourth-order valence-corrected chi connectivity index (χ4v) is 3.85. The minimum atomic E-state index is -4.44. The molecule has 0 aromatic heterocycles. The second kappa shape index (κ2) is 11.6. The monoisotopic (exact) mass is 532 g/mol. The standard InChI is InChI=1S/C30H23F3N2O4/c31-30(32,33)25-16-14-22(15-17-25)21-8-12-24(13-9-21)28(37)35-26(29(38)39)18-34-27(36)23-10-6-20(7-11-23)19-4-2-1-3-5-19/h1-17,26H,18H2,(H,34,36)(H,35,37)(H,38,39)/t26-/m0/s1. The Bertz CT molecular complexity index is 1450. The third-order valence-corrected chi connectivity index (χ3v) is 6.02. The van der Waals surface area contributed by atoms with Crippen molar-refractivity contribution in [3.63, 3.8) is 0 Å². The summed E-state index contributed by atoms with van der Waals surface area (Å²) in [6, 6.07) is 25.6. The summed E-state index contributed by atoms with van der Waals surface area (Å²) in [6.45, 7) is -0.343. The van der Waals surface area contributed by atoms with Crippen LogP contribution in [0.1, 0.15) is 26.3 Å². The molecule has 0 bridgehead atoms. The van der Waals surface area contributed by atoms with Crippen molar-refractivity contribution in [2.45, 2.75) is 12.2 Å². The molecule has 0 aliphatic heterocycles. The number of amides is 2. The number of benzene rings is 4. The molecule has 0 unspecified atom stereocenters. The zero-order valence-electron chi connectivity index (χ0n) is 20.4.